The number of nitrogens with one attached hydrogen (secondary N) is 1. The van der Waals surface area contributed by atoms with Crippen molar-refractivity contribution < 1.29 is 0 Å². The van der Waals surface area contributed by atoms with E-state index in [0.29, 0.717) is 0 Å². The van der Waals surface area contributed by atoms with E-state index < -0.39 is 0 Å². The average molecular weight is 357 g/mol. The minimum absolute atomic E-state index is 0.786. The number of rotatable bonds is 3. The lowest BCUT2D eigenvalue weighted by atomic mass is 10.2. The third kappa shape index (κ3) is 2.57. The van der Waals surface area contributed by atoms with Gasteiger partial charge in [0, 0.05) is 5.56 Å². The highest BCUT2D eigenvalue weighted by atomic mass is 32.1. The fraction of sp³-hybridized carbons (Fsp3) is 0. The van der Waals surface area contributed by atoms with Crippen LogP contribution in [-0.2, 0) is 0 Å². The molecule has 0 unspecified atom stereocenters. The molecule has 5 nitrogen and oxygen atoms in total. The lowest BCUT2D eigenvalue weighted by Crippen LogP contribution is -2.44. The molecule has 0 saturated heterocycles. The molecule has 0 saturated carbocycles. The van der Waals surface area contributed by atoms with Crippen LogP contribution >= 0.6 is 11.3 Å². The Kier molecular flexibility index (Phi) is 3.54. The van der Waals surface area contributed by atoms with E-state index in [2.05, 4.69) is 11.5 Å². The fourth-order valence-corrected chi connectivity index (χ4v) is 3.76. The number of hydrogen-bond acceptors (Lipinski definition) is 6. The zero-order valence-electron chi connectivity index (χ0n) is 13.8. The zero-order chi connectivity index (χ0) is 17.3. The molecule has 126 valence electrons. The van der Waals surface area contributed by atoms with Crippen molar-refractivity contribution in [2.75, 3.05) is 10.2 Å². The number of anilines is 2. The third-order valence-corrected chi connectivity index (χ3v) is 5.11. The summed E-state index contributed by atoms with van der Waals surface area (Å²) < 4.78 is 1.14. The van der Waals surface area contributed by atoms with Crippen LogP contribution in [0.1, 0.15) is 5.56 Å². The molecule has 0 spiro atoms. The number of nitrogens with zero attached hydrogens (tertiary/aromatic N) is 4. The van der Waals surface area contributed by atoms with Crippen LogP contribution < -0.4 is 15.7 Å². The van der Waals surface area contributed by atoms with Gasteiger partial charge in [-0.3, -0.25) is 5.43 Å². The number of thiazole rings is 1. The Hall–Kier alpha value is -3.38. The topological polar surface area (TPSA) is 43.8 Å². The van der Waals surface area contributed by atoms with Crippen LogP contribution in [0.4, 0.5) is 10.8 Å². The maximum atomic E-state index is 4.79. The van der Waals surface area contributed by atoms with Gasteiger partial charge in [-0.1, -0.05) is 72.0 Å². The van der Waals surface area contributed by atoms with Crippen molar-refractivity contribution in [3.05, 3.63) is 90.5 Å². The summed E-state index contributed by atoms with van der Waals surface area (Å²) in [6.45, 7) is 0. The summed E-state index contributed by atoms with van der Waals surface area (Å²) in [5.41, 5.74) is 6.36. The maximum Gasteiger partial charge on any atom is 0.228 e. The molecule has 6 heteroatoms. The van der Waals surface area contributed by atoms with Crippen LogP contribution in [0, 0.1) is 0 Å². The second kappa shape index (κ2) is 6.16. The van der Waals surface area contributed by atoms with Gasteiger partial charge >= 0.3 is 0 Å². The molecule has 1 aromatic heterocycles. The molecular weight excluding hydrogens is 342 g/mol. The number of benzene rings is 3. The smallest absolute Gasteiger partial charge is 0.228 e. The van der Waals surface area contributed by atoms with Crippen LogP contribution in [0.25, 0.3) is 10.2 Å². The highest BCUT2D eigenvalue weighted by molar-refractivity contribution is 7.22. The van der Waals surface area contributed by atoms with Crippen molar-refractivity contribution in [3.8, 4) is 0 Å². The Morgan fingerprint density at radius 1 is 0.769 bits per heavy atom. The van der Waals surface area contributed by atoms with E-state index in [9.17, 15) is 0 Å². The standard InChI is InChI=1S/C20H15N5S/c1-3-9-15(10-4-1)19-22-24(16-11-5-2-6-12-16)25(23-19)20-21-17-13-7-8-14-18(17)26-20/h1-14H,(H,22,23). The molecule has 4 aromatic rings. The molecule has 2 heterocycles. The SMILES string of the molecule is c1ccc(C2=NN(c3ccccc3)N(c3nc4ccccc4s3)N2)cc1. The monoisotopic (exact) mass is 357 g/mol. The Labute approximate surface area is 154 Å². The first-order valence-electron chi connectivity index (χ1n) is 8.30. The molecule has 0 fully saturated rings. The number of hydrazine groups is 2. The summed E-state index contributed by atoms with van der Waals surface area (Å²) >= 11 is 1.63. The predicted molar refractivity (Wildman–Crippen MR) is 107 cm³/mol. The van der Waals surface area contributed by atoms with Crippen LogP contribution in [0.5, 0.6) is 0 Å². The van der Waals surface area contributed by atoms with Gasteiger partial charge in [0.2, 0.25) is 5.13 Å². The first kappa shape index (κ1) is 14.9. The fourth-order valence-electron chi connectivity index (χ4n) is 2.84. The van der Waals surface area contributed by atoms with Gasteiger partial charge in [0.25, 0.3) is 0 Å². The van der Waals surface area contributed by atoms with Gasteiger partial charge in [-0.25, -0.2) is 4.98 Å². The molecule has 1 aliphatic heterocycles. The predicted octanol–water partition coefficient (Wildman–Crippen LogP) is 4.40. The summed E-state index contributed by atoms with van der Waals surface area (Å²) in [4.78, 5) is 4.77. The number of fused-ring (bicyclic) bond motifs is 1. The largest absolute Gasteiger partial charge is 0.256 e. The second-order valence-corrected chi connectivity index (χ2v) is 6.84. The zero-order valence-corrected chi connectivity index (χ0v) is 14.6. The lowest BCUT2D eigenvalue weighted by Gasteiger charge is -2.25. The molecule has 0 aliphatic carbocycles. The summed E-state index contributed by atoms with van der Waals surface area (Å²) in [6, 6.07) is 28.3. The summed E-state index contributed by atoms with van der Waals surface area (Å²) in [5, 5.41) is 9.36. The van der Waals surface area contributed by atoms with E-state index in [-0.39, 0.29) is 0 Å². The number of hydrogen-bond donors (Lipinski definition) is 1. The number of hydrazone groups is 1. The van der Waals surface area contributed by atoms with E-state index in [1.54, 1.807) is 11.3 Å². The van der Waals surface area contributed by atoms with Crippen molar-refractivity contribution in [3.63, 3.8) is 0 Å². The first-order chi connectivity index (χ1) is 12.9. The molecule has 3 aromatic carbocycles. The van der Waals surface area contributed by atoms with Crippen molar-refractivity contribution in [1.82, 2.24) is 10.4 Å². The second-order valence-electron chi connectivity index (χ2n) is 5.83. The maximum absolute atomic E-state index is 4.79. The first-order valence-corrected chi connectivity index (χ1v) is 9.12. The molecule has 5 rings (SSSR count). The number of amidine groups is 1. The van der Waals surface area contributed by atoms with Gasteiger partial charge in [0.15, 0.2) is 5.84 Å². The van der Waals surface area contributed by atoms with Gasteiger partial charge in [-0.2, -0.15) is 0 Å². The van der Waals surface area contributed by atoms with Crippen molar-refractivity contribution >= 4 is 38.2 Å². The number of aromatic nitrogens is 1. The van der Waals surface area contributed by atoms with Crippen molar-refractivity contribution in [2.24, 2.45) is 5.10 Å². The molecule has 0 bridgehead atoms. The summed E-state index contributed by atoms with van der Waals surface area (Å²) in [5.74, 6) is 0.786. The molecule has 0 radical (unpaired) electrons. The van der Waals surface area contributed by atoms with Gasteiger partial charge in [-0.15, -0.1) is 15.3 Å². The minimum Gasteiger partial charge on any atom is -0.256 e. The van der Waals surface area contributed by atoms with Crippen LogP contribution in [0.15, 0.2) is 90.0 Å². The Balaban J connectivity index is 1.59. The Morgan fingerprint density at radius 3 is 2.23 bits per heavy atom. The highest BCUT2D eigenvalue weighted by Crippen LogP contribution is 2.32. The van der Waals surface area contributed by atoms with E-state index in [1.165, 1.54) is 0 Å². The van der Waals surface area contributed by atoms with Gasteiger partial charge in [0.05, 0.1) is 15.9 Å². The highest BCUT2D eigenvalue weighted by Gasteiger charge is 2.28. The summed E-state index contributed by atoms with van der Waals surface area (Å²) in [6.07, 6.45) is 0. The van der Waals surface area contributed by atoms with E-state index in [1.807, 2.05) is 89.1 Å². The van der Waals surface area contributed by atoms with Gasteiger partial charge < -0.3 is 0 Å². The van der Waals surface area contributed by atoms with Gasteiger partial charge in [-0.05, 0) is 24.3 Å². The van der Waals surface area contributed by atoms with E-state index >= 15 is 0 Å². The van der Waals surface area contributed by atoms with E-state index in [0.717, 1.165) is 32.4 Å². The third-order valence-electron chi connectivity index (χ3n) is 4.09. The number of para-hydroxylation sites is 2. The normalized spacial score (nSPS) is 13.8. The molecule has 1 aliphatic rings. The molecular formula is C20H15N5S. The molecule has 26 heavy (non-hydrogen) atoms. The van der Waals surface area contributed by atoms with Gasteiger partial charge in [0.1, 0.15) is 0 Å². The Bertz CT molecular complexity index is 1040. The Morgan fingerprint density at radius 2 is 1.46 bits per heavy atom. The van der Waals surface area contributed by atoms with Crippen LogP contribution in [0.2, 0.25) is 0 Å². The molecule has 1 N–H and O–H groups in total. The lowest BCUT2D eigenvalue weighted by molar-refractivity contribution is 0.768. The summed E-state index contributed by atoms with van der Waals surface area (Å²) in [7, 11) is 0. The minimum atomic E-state index is 0.786. The van der Waals surface area contributed by atoms with Crippen molar-refractivity contribution in [2.45, 2.75) is 0 Å². The van der Waals surface area contributed by atoms with Crippen molar-refractivity contribution in [1.29, 1.82) is 0 Å². The van der Waals surface area contributed by atoms with E-state index in [4.69, 9.17) is 10.1 Å². The quantitative estimate of drug-likeness (QED) is 0.590. The molecule has 0 amide bonds. The molecule has 0 atom stereocenters. The van der Waals surface area contributed by atoms with Crippen LogP contribution in [-0.4, -0.2) is 10.8 Å². The average Bonchev–Trinajstić information content (AvgIpc) is 3.33. The van der Waals surface area contributed by atoms with Crippen LogP contribution in [0.3, 0.4) is 0 Å².